The number of amides is 1. The number of carbonyl (C=O) groups excluding carboxylic acids is 1. The summed E-state index contributed by atoms with van der Waals surface area (Å²) in [6.07, 6.45) is 12.5. The summed E-state index contributed by atoms with van der Waals surface area (Å²) in [4.78, 5) is 13.8. The SMILES string of the molecule is CCC(C)(C)C1CCc2c(sc(NC(=O)CCC3CCCCC3)c2C#N)C1. The molecule has 0 aromatic carbocycles. The number of hydrogen-bond donors (Lipinski definition) is 1. The van der Waals surface area contributed by atoms with E-state index in [1.54, 1.807) is 11.3 Å². The van der Waals surface area contributed by atoms with Crippen LogP contribution in [0.4, 0.5) is 5.00 Å². The van der Waals surface area contributed by atoms with Crippen molar-refractivity contribution >= 4 is 22.2 Å². The maximum atomic E-state index is 12.5. The molecule has 4 heteroatoms. The summed E-state index contributed by atoms with van der Waals surface area (Å²) in [7, 11) is 0. The number of hydrogen-bond acceptors (Lipinski definition) is 3. The molecule has 3 nitrogen and oxygen atoms in total. The van der Waals surface area contributed by atoms with Crippen LogP contribution in [0.15, 0.2) is 0 Å². The largest absolute Gasteiger partial charge is 0.317 e. The third-order valence-corrected chi connectivity index (χ3v) is 8.32. The third-order valence-electron chi connectivity index (χ3n) is 7.15. The fourth-order valence-corrected chi connectivity index (χ4v) is 6.04. The maximum absolute atomic E-state index is 12.5. The summed E-state index contributed by atoms with van der Waals surface area (Å²) in [6, 6.07) is 2.38. The number of carbonyl (C=O) groups is 1. The number of nitriles is 1. The van der Waals surface area contributed by atoms with Gasteiger partial charge in [0.2, 0.25) is 5.91 Å². The monoisotopic (exact) mass is 386 g/mol. The molecule has 0 saturated heterocycles. The smallest absolute Gasteiger partial charge is 0.225 e. The standard InChI is InChI=1S/C23H34N2OS/c1-4-23(2,3)17-11-12-18-19(15-24)22(27-20(18)14-17)25-21(26)13-10-16-8-6-5-7-9-16/h16-17H,4-14H2,1-3H3,(H,25,26). The molecule has 1 fully saturated rings. The lowest BCUT2D eigenvalue weighted by Gasteiger charge is -2.36. The number of rotatable bonds is 6. The van der Waals surface area contributed by atoms with Gasteiger partial charge in [0.15, 0.2) is 0 Å². The van der Waals surface area contributed by atoms with Crippen LogP contribution in [0.25, 0.3) is 0 Å². The van der Waals surface area contributed by atoms with Gasteiger partial charge in [-0.05, 0) is 48.5 Å². The second-order valence-electron chi connectivity index (χ2n) is 9.19. The topological polar surface area (TPSA) is 52.9 Å². The molecule has 1 heterocycles. The Morgan fingerprint density at radius 2 is 2.00 bits per heavy atom. The number of anilines is 1. The predicted octanol–water partition coefficient (Wildman–Crippen LogP) is 6.46. The summed E-state index contributed by atoms with van der Waals surface area (Å²) < 4.78 is 0. The van der Waals surface area contributed by atoms with E-state index in [1.807, 2.05) is 0 Å². The van der Waals surface area contributed by atoms with Gasteiger partial charge in [-0.2, -0.15) is 5.26 Å². The number of nitrogens with one attached hydrogen (secondary N) is 1. The van der Waals surface area contributed by atoms with Crippen LogP contribution >= 0.6 is 11.3 Å². The number of thiophene rings is 1. The normalized spacial score (nSPS) is 20.7. The first-order chi connectivity index (χ1) is 12.9. The first-order valence-corrected chi connectivity index (χ1v) is 11.6. The van der Waals surface area contributed by atoms with E-state index < -0.39 is 0 Å². The summed E-state index contributed by atoms with van der Waals surface area (Å²) in [5.41, 5.74) is 2.26. The van der Waals surface area contributed by atoms with Crippen molar-refractivity contribution in [1.82, 2.24) is 0 Å². The van der Waals surface area contributed by atoms with Gasteiger partial charge in [0.1, 0.15) is 11.1 Å². The second-order valence-corrected chi connectivity index (χ2v) is 10.3. The van der Waals surface area contributed by atoms with Crippen LogP contribution in [0, 0.1) is 28.6 Å². The van der Waals surface area contributed by atoms with Crippen LogP contribution in [-0.2, 0) is 17.6 Å². The lowest BCUT2D eigenvalue weighted by Crippen LogP contribution is -2.28. The van der Waals surface area contributed by atoms with Crippen molar-refractivity contribution in [2.75, 3.05) is 5.32 Å². The molecule has 1 aromatic rings. The molecule has 0 aliphatic heterocycles. The minimum atomic E-state index is 0.0844. The van der Waals surface area contributed by atoms with Crippen molar-refractivity contribution in [2.45, 2.75) is 91.4 Å². The Labute approximate surface area is 168 Å². The van der Waals surface area contributed by atoms with E-state index in [2.05, 4.69) is 32.2 Å². The quantitative estimate of drug-likeness (QED) is 0.610. The van der Waals surface area contributed by atoms with Gasteiger partial charge in [-0.15, -0.1) is 11.3 Å². The number of nitrogens with zero attached hydrogens (tertiary/aromatic N) is 1. The fraction of sp³-hybridized carbons (Fsp3) is 0.739. The molecule has 0 radical (unpaired) electrons. The Hall–Kier alpha value is -1.34. The highest BCUT2D eigenvalue weighted by Gasteiger charge is 2.34. The minimum absolute atomic E-state index is 0.0844. The highest BCUT2D eigenvalue weighted by Crippen LogP contribution is 2.45. The molecule has 0 spiro atoms. The van der Waals surface area contributed by atoms with E-state index in [-0.39, 0.29) is 5.91 Å². The van der Waals surface area contributed by atoms with Crippen LogP contribution in [0.2, 0.25) is 0 Å². The van der Waals surface area contributed by atoms with E-state index in [1.165, 1.54) is 49.0 Å². The molecule has 2 aliphatic carbocycles. The molecule has 1 saturated carbocycles. The first-order valence-electron chi connectivity index (χ1n) is 10.8. The minimum Gasteiger partial charge on any atom is -0.317 e. The van der Waals surface area contributed by atoms with Gasteiger partial charge in [-0.3, -0.25) is 4.79 Å². The Balaban J connectivity index is 1.65. The van der Waals surface area contributed by atoms with Gasteiger partial charge < -0.3 is 5.32 Å². The summed E-state index contributed by atoms with van der Waals surface area (Å²) in [6.45, 7) is 6.98. The summed E-state index contributed by atoms with van der Waals surface area (Å²) in [5.74, 6) is 1.46. The van der Waals surface area contributed by atoms with E-state index >= 15 is 0 Å². The first kappa shape index (κ1) is 20.4. The summed E-state index contributed by atoms with van der Waals surface area (Å²) >= 11 is 1.65. The lowest BCUT2D eigenvalue weighted by molar-refractivity contribution is -0.116. The molecule has 1 atom stereocenters. The molecule has 27 heavy (non-hydrogen) atoms. The molecule has 1 aromatic heterocycles. The van der Waals surface area contributed by atoms with Gasteiger partial charge in [-0.1, -0.05) is 59.3 Å². The van der Waals surface area contributed by atoms with Crippen LogP contribution in [0.3, 0.4) is 0 Å². The van der Waals surface area contributed by atoms with Gasteiger partial charge in [-0.25, -0.2) is 0 Å². The summed E-state index contributed by atoms with van der Waals surface area (Å²) in [5, 5.41) is 13.6. The van der Waals surface area contributed by atoms with Crippen LogP contribution in [-0.4, -0.2) is 5.91 Å². The van der Waals surface area contributed by atoms with E-state index in [0.717, 1.165) is 36.2 Å². The zero-order valence-corrected chi connectivity index (χ0v) is 18.0. The Bertz CT molecular complexity index is 707. The van der Waals surface area contributed by atoms with Crippen LogP contribution in [0.5, 0.6) is 0 Å². The average molecular weight is 387 g/mol. The van der Waals surface area contributed by atoms with Crippen molar-refractivity contribution in [1.29, 1.82) is 5.26 Å². The molecule has 1 unspecified atom stereocenters. The van der Waals surface area contributed by atoms with Crippen molar-refractivity contribution in [3.63, 3.8) is 0 Å². The molecule has 1 N–H and O–H groups in total. The molecule has 3 rings (SSSR count). The van der Waals surface area contributed by atoms with Gasteiger partial charge >= 0.3 is 0 Å². The third kappa shape index (κ3) is 4.74. The van der Waals surface area contributed by atoms with E-state index in [9.17, 15) is 10.1 Å². The van der Waals surface area contributed by atoms with Crippen molar-refractivity contribution < 1.29 is 4.79 Å². The molecule has 0 bridgehead atoms. The average Bonchev–Trinajstić information content (AvgIpc) is 3.03. The molecule has 2 aliphatic rings. The molecule has 148 valence electrons. The molecular formula is C23H34N2OS. The molecule has 1 amide bonds. The Morgan fingerprint density at radius 1 is 1.26 bits per heavy atom. The Kier molecular flexibility index (Phi) is 6.63. The maximum Gasteiger partial charge on any atom is 0.225 e. The van der Waals surface area contributed by atoms with Crippen LogP contribution in [0.1, 0.15) is 94.6 Å². The van der Waals surface area contributed by atoms with Gasteiger partial charge in [0.25, 0.3) is 0 Å². The van der Waals surface area contributed by atoms with Crippen molar-refractivity contribution in [2.24, 2.45) is 17.3 Å². The fourth-order valence-electron chi connectivity index (χ4n) is 4.75. The highest BCUT2D eigenvalue weighted by atomic mass is 32.1. The highest BCUT2D eigenvalue weighted by molar-refractivity contribution is 7.16. The van der Waals surface area contributed by atoms with Gasteiger partial charge in [0.05, 0.1) is 5.56 Å². The van der Waals surface area contributed by atoms with E-state index in [4.69, 9.17) is 0 Å². The zero-order valence-electron chi connectivity index (χ0n) is 17.2. The zero-order chi connectivity index (χ0) is 19.4. The van der Waals surface area contributed by atoms with Crippen molar-refractivity contribution in [3.05, 3.63) is 16.0 Å². The Morgan fingerprint density at radius 3 is 2.67 bits per heavy atom. The molecular weight excluding hydrogens is 352 g/mol. The van der Waals surface area contributed by atoms with Crippen molar-refractivity contribution in [3.8, 4) is 6.07 Å². The van der Waals surface area contributed by atoms with Crippen LogP contribution < -0.4 is 5.32 Å². The lowest BCUT2D eigenvalue weighted by atomic mass is 9.69. The number of fused-ring (bicyclic) bond motifs is 1. The second kappa shape index (κ2) is 8.78. The van der Waals surface area contributed by atoms with E-state index in [0.29, 0.717) is 23.7 Å². The predicted molar refractivity (Wildman–Crippen MR) is 113 cm³/mol. The van der Waals surface area contributed by atoms with Gasteiger partial charge in [0, 0.05) is 11.3 Å².